The Hall–Kier alpha value is -0.950. The van der Waals surface area contributed by atoms with Gasteiger partial charge in [-0.2, -0.15) is 10.4 Å². The standard InChI is InChI=1S/C10H15N3S/c1-8-10(5-4-6-14-7-11)9(2)13(3)12-8/h4-6H2,1-3H3. The van der Waals surface area contributed by atoms with Gasteiger partial charge in [0.25, 0.3) is 0 Å². The first-order valence-corrected chi connectivity index (χ1v) is 5.65. The fraction of sp³-hybridized carbons (Fsp3) is 0.600. The van der Waals surface area contributed by atoms with E-state index in [9.17, 15) is 0 Å². The van der Waals surface area contributed by atoms with E-state index in [2.05, 4.69) is 17.4 Å². The van der Waals surface area contributed by atoms with E-state index in [1.807, 2.05) is 18.7 Å². The molecular formula is C10H15N3S. The molecule has 0 bridgehead atoms. The number of rotatable bonds is 4. The van der Waals surface area contributed by atoms with Gasteiger partial charge in [0.2, 0.25) is 0 Å². The minimum atomic E-state index is 0.907. The second kappa shape index (κ2) is 5.06. The van der Waals surface area contributed by atoms with Crippen molar-refractivity contribution in [1.29, 1.82) is 5.26 Å². The molecular weight excluding hydrogens is 194 g/mol. The topological polar surface area (TPSA) is 41.6 Å². The van der Waals surface area contributed by atoms with Crippen molar-refractivity contribution < 1.29 is 0 Å². The smallest absolute Gasteiger partial charge is 0.133 e. The minimum absolute atomic E-state index is 0.907. The molecule has 76 valence electrons. The number of nitrogens with zero attached hydrogens (tertiary/aromatic N) is 3. The van der Waals surface area contributed by atoms with Gasteiger partial charge in [0, 0.05) is 18.5 Å². The van der Waals surface area contributed by atoms with Crippen LogP contribution in [0.5, 0.6) is 0 Å². The molecule has 0 saturated carbocycles. The molecule has 0 amide bonds. The van der Waals surface area contributed by atoms with Crippen molar-refractivity contribution in [3.63, 3.8) is 0 Å². The molecule has 1 rings (SSSR count). The Balaban J connectivity index is 2.55. The Bertz CT molecular complexity index is 349. The maximum atomic E-state index is 8.37. The van der Waals surface area contributed by atoms with E-state index in [1.165, 1.54) is 23.0 Å². The summed E-state index contributed by atoms with van der Waals surface area (Å²) in [7, 11) is 1.97. The third kappa shape index (κ3) is 2.52. The Morgan fingerprint density at radius 1 is 1.50 bits per heavy atom. The largest absolute Gasteiger partial charge is 0.272 e. The fourth-order valence-corrected chi connectivity index (χ4v) is 1.93. The van der Waals surface area contributed by atoms with Crippen molar-refractivity contribution in [2.45, 2.75) is 26.7 Å². The number of aromatic nitrogens is 2. The van der Waals surface area contributed by atoms with Gasteiger partial charge in [0.1, 0.15) is 5.40 Å². The molecule has 0 radical (unpaired) electrons. The SMILES string of the molecule is Cc1nn(C)c(C)c1CCCSC#N. The zero-order chi connectivity index (χ0) is 10.6. The van der Waals surface area contributed by atoms with Crippen LogP contribution in [0.1, 0.15) is 23.4 Å². The van der Waals surface area contributed by atoms with Crippen LogP contribution in [0.3, 0.4) is 0 Å². The molecule has 0 aromatic carbocycles. The molecule has 1 aromatic heterocycles. The Morgan fingerprint density at radius 3 is 2.71 bits per heavy atom. The van der Waals surface area contributed by atoms with E-state index in [-0.39, 0.29) is 0 Å². The maximum Gasteiger partial charge on any atom is 0.133 e. The number of aryl methyl sites for hydroxylation is 2. The Kier molecular flexibility index (Phi) is 4.02. The summed E-state index contributed by atoms with van der Waals surface area (Å²) < 4.78 is 1.92. The van der Waals surface area contributed by atoms with E-state index in [4.69, 9.17) is 5.26 Å². The van der Waals surface area contributed by atoms with Gasteiger partial charge in [-0.25, -0.2) is 0 Å². The highest BCUT2D eigenvalue weighted by molar-refractivity contribution is 8.03. The summed E-state index contributed by atoms with van der Waals surface area (Å²) in [6.45, 7) is 4.13. The van der Waals surface area contributed by atoms with Crippen LogP contribution in [0, 0.1) is 24.5 Å². The normalized spacial score (nSPS) is 10.1. The van der Waals surface area contributed by atoms with Crippen LogP contribution in [0.4, 0.5) is 0 Å². The van der Waals surface area contributed by atoms with E-state index in [0.717, 1.165) is 24.3 Å². The molecule has 0 aliphatic rings. The molecule has 4 heteroatoms. The highest BCUT2D eigenvalue weighted by atomic mass is 32.2. The van der Waals surface area contributed by atoms with Gasteiger partial charge in [-0.05, 0) is 44.0 Å². The first-order valence-electron chi connectivity index (χ1n) is 4.66. The summed E-state index contributed by atoms with van der Waals surface area (Å²) in [6.07, 6.45) is 2.08. The molecule has 1 aromatic rings. The molecule has 0 fully saturated rings. The predicted molar refractivity (Wildman–Crippen MR) is 59.1 cm³/mol. The minimum Gasteiger partial charge on any atom is -0.272 e. The average molecular weight is 209 g/mol. The lowest BCUT2D eigenvalue weighted by Gasteiger charge is -1.99. The van der Waals surface area contributed by atoms with E-state index in [1.54, 1.807) is 0 Å². The summed E-state index contributed by atoms with van der Waals surface area (Å²) in [5.74, 6) is 0.907. The molecule has 0 aliphatic heterocycles. The fourth-order valence-electron chi connectivity index (χ4n) is 1.55. The molecule has 0 saturated heterocycles. The van der Waals surface area contributed by atoms with E-state index < -0.39 is 0 Å². The van der Waals surface area contributed by atoms with E-state index in [0.29, 0.717) is 0 Å². The van der Waals surface area contributed by atoms with Crippen LogP contribution >= 0.6 is 11.8 Å². The lowest BCUT2D eigenvalue weighted by molar-refractivity contribution is 0.729. The summed E-state index contributed by atoms with van der Waals surface area (Å²) in [5.41, 5.74) is 3.70. The van der Waals surface area contributed by atoms with Crippen molar-refractivity contribution in [1.82, 2.24) is 9.78 Å². The summed E-state index contributed by atoms with van der Waals surface area (Å²) in [5, 5.41) is 14.8. The van der Waals surface area contributed by atoms with Crippen LogP contribution in [-0.2, 0) is 13.5 Å². The highest BCUT2D eigenvalue weighted by Gasteiger charge is 2.08. The zero-order valence-corrected chi connectivity index (χ0v) is 9.69. The van der Waals surface area contributed by atoms with E-state index >= 15 is 0 Å². The number of thioether (sulfide) groups is 1. The third-order valence-electron chi connectivity index (χ3n) is 2.40. The number of thiocyanates is 1. The first kappa shape index (κ1) is 11.1. The van der Waals surface area contributed by atoms with Gasteiger partial charge in [0.15, 0.2) is 0 Å². The zero-order valence-electron chi connectivity index (χ0n) is 8.87. The molecule has 3 nitrogen and oxygen atoms in total. The average Bonchev–Trinajstić information content (AvgIpc) is 2.38. The molecule has 0 unspecified atom stereocenters. The molecule has 0 spiro atoms. The maximum absolute atomic E-state index is 8.37. The van der Waals surface area contributed by atoms with Gasteiger partial charge >= 0.3 is 0 Å². The Morgan fingerprint density at radius 2 is 2.21 bits per heavy atom. The highest BCUT2D eigenvalue weighted by Crippen LogP contribution is 2.15. The van der Waals surface area contributed by atoms with Crippen LogP contribution in [0.15, 0.2) is 0 Å². The predicted octanol–water partition coefficient (Wildman–Crippen LogP) is 2.18. The Labute approximate surface area is 89.1 Å². The van der Waals surface area contributed by atoms with Gasteiger partial charge in [0.05, 0.1) is 5.69 Å². The number of hydrogen-bond donors (Lipinski definition) is 0. The second-order valence-corrected chi connectivity index (χ2v) is 4.20. The molecule has 0 atom stereocenters. The summed E-state index contributed by atoms with van der Waals surface area (Å²) in [4.78, 5) is 0. The van der Waals surface area contributed by atoms with Crippen LogP contribution < -0.4 is 0 Å². The van der Waals surface area contributed by atoms with Crippen LogP contribution in [0.2, 0.25) is 0 Å². The quantitative estimate of drug-likeness (QED) is 0.564. The van der Waals surface area contributed by atoms with Crippen molar-refractivity contribution in [3.8, 4) is 5.40 Å². The van der Waals surface area contributed by atoms with Crippen LogP contribution in [0.25, 0.3) is 0 Å². The number of nitriles is 1. The van der Waals surface area contributed by atoms with Crippen molar-refractivity contribution >= 4 is 11.8 Å². The molecule has 0 aliphatic carbocycles. The summed E-state index contributed by atoms with van der Waals surface area (Å²) in [6, 6.07) is 0. The van der Waals surface area contributed by atoms with Gasteiger partial charge < -0.3 is 0 Å². The van der Waals surface area contributed by atoms with Gasteiger partial charge in [-0.3, -0.25) is 4.68 Å². The van der Waals surface area contributed by atoms with Crippen molar-refractivity contribution in [3.05, 3.63) is 17.0 Å². The first-order chi connectivity index (χ1) is 6.66. The van der Waals surface area contributed by atoms with Crippen LogP contribution in [-0.4, -0.2) is 15.5 Å². The van der Waals surface area contributed by atoms with Gasteiger partial charge in [-0.1, -0.05) is 0 Å². The number of hydrogen-bond acceptors (Lipinski definition) is 3. The van der Waals surface area contributed by atoms with Crippen molar-refractivity contribution in [2.24, 2.45) is 7.05 Å². The molecule has 0 N–H and O–H groups in total. The third-order valence-corrected chi connectivity index (χ3v) is 3.02. The lowest BCUT2D eigenvalue weighted by Crippen LogP contribution is -1.94. The molecule has 14 heavy (non-hydrogen) atoms. The monoisotopic (exact) mass is 209 g/mol. The summed E-state index contributed by atoms with van der Waals surface area (Å²) >= 11 is 1.32. The molecule has 1 heterocycles. The van der Waals surface area contributed by atoms with Crippen molar-refractivity contribution in [2.75, 3.05) is 5.75 Å². The second-order valence-electron chi connectivity index (χ2n) is 3.32. The van der Waals surface area contributed by atoms with Gasteiger partial charge in [-0.15, -0.1) is 0 Å². The lowest BCUT2D eigenvalue weighted by atomic mass is 10.1.